The van der Waals surface area contributed by atoms with Gasteiger partial charge in [-0.15, -0.1) is 0 Å². The average molecular weight is 575 g/mol. The zero-order valence-corrected chi connectivity index (χ0v) is 28.4. The molecule has 0 amide bonds. The third kappa shape index (κ3) is 8.62. The van der Waals surface area contributed by atoms with E-state index in [4.69, 9.17) is 22.1 Å². The van der Waals surface area contributed by atoms with E-state index in [0.717, 1.165) is 11.3 Å². The zero-order chi connectivity index (χ0) is 28.0. The highest BCUT2D eigenvalue weighted by Crippen LogP contribution is 2.38. The predicted octanol–water partition coefficient (Wildman–Crippen LogP) is 8.31. The summed E-state index contributed by atoms with van der Waals surface area (Å²) in [7, 11) is -7.69. The Balaban J connectivity index is 2.21. The van der Waals surface area contributed by atoms with E-state index in [2.05, 4.69) is 78.6 Å². The summed E-state index contributed by atoms with van der Waals surface area (Å²) >= 11 is 0. The molecular weight excluding hydrogens is 533 g/mol. The molecule has 0 aliphatic heterocycles. The van der Waals surface area contributed by atoms with Crippen LogP contribution in [0.3, 0.4) is 0 Å². The molecule has 0 spiro atoms. The van der Waals surface area contributed by atoms with Crippen molar-refractivity contribution in [1.82, 2.24) is 0 Å². The number of benzene rings is 2. The lowest BCUT2D eigenvalue weighted by atomic mass is 10.1. The summed E-state index contributed by atoms with van der Waals surface area (Å²) in [4.78, 5) is 13.4. The Kier molecular flexibility index (Phi) is 8.01. The van der Waals surface area contributed by atoms with Gasteiger partial charge >= 0.3 is 0 Å². The first-order chi connectivity index (χ1) is 16.7. The summed E-state index contributed by atoms with van der Waals surface area (Å²) in [5.74, 6) is 3.04. The number of hydrogen-bond acceptors (Lipinski definition) is 6. The summed E-state index contributed by atoms with van der Waals surface area (Å²) in [5, 5.41) is 0.436. The molecule has 2 aromatic carbocycles. The van der Waals surface area contributed by atoms with E-state index in [1.54, 1.807) is 6.07 Å². The molecule has 6 nitrogen and oxygen atoms in total. The van der Waals surface area contributed by atoms with Gasteiger partial charge in [0.1, 0.15) is 39.7 Å². The predicted molar refractivity (Wildman–Crippen MR) is 164 cm³/mol. The Morgan fingerprint density at radius 3 is 1.62 bits per heavy atom. The van der Waals surface area contributed by atoms with Gasteiger partial charge in [0.15, 0.2) is 5.43 Å². The molecule has 3 aromatic rings. The van der Waals surface area contributed by atoms with E-state index in [1.807, 2.05) is 24.3 Å². The minimum absolute atomic E-state index is 0.154. The van der Waals surface area contributed by atoms with Crippen LogP contribution in [0.4, 0.5) is 0 Å². The van der Waals surface area contributed by atoms with E-state index in [9.17, 15) is 4.79 Å². The van der Waals surface area contributed by atoms with Gasteiger partial charge in [-0.05, 0) is 96.8 Å². The van der Waals surface area contributed by atoms with Gasteiger partial charge in [0.2, 0.25) is 33.3 Å². The van der Waals surface area contributed by atoms with Gasteiger partial charge in [-0.2, -0.15) is 0 Å². The molecule has 0 unspecified atom stereocenters. The van der Waals surface area contributed by atoms with E-state index in [1.165, 1.54) is 6.07 Å². The maximum atomic E-state index is 13.4. The quantitative estimate of drug-likeness (QED) is 0.239. The second-order valence-electron chi connectivity index (χ2n) is 13.3. The Morgan fingerprint density at radius 2 is 1.08 bits per heavy atom. The van der Waals surface area contributed by atoms with Crippen molar-refractivity contribution in [2.24, 2.45) is 0 Å². The Bertz CT molecular complexity index is 1340. The van der Waals surface area contributed by atoms with Crippen LogP contribution in [0.5, 0.6) is 23.0 Å². The van der Waals surface area contributed by atoms with Crippen molar-refractivity contribution >= 4 is 44.2 Å². The van der Waals surface area contributed by atoms with Crippen LogP contribution < -0.4 is 23.1 Å². The second kappa shape index (κ2) is 10.1. The molecular formula is C27H42O6Si4. The third-order valence-electron chi connectivity index (χ3n) is 4.67. The molecule has 202 valence electrons. The normalized spacial score (nSPS) is 13.0. The molecule has 37 heavy (non-hydrogen) atoms. The molecule has 3 rings (SSSR count). The van der Waals surface area contributed by atoms with Crippen LogP contribution in [0.15, 0.2) is 45.6 Å². The average Bonchev–Trinajstić information content (AvgIpc) is 2.63. The molecule has 10 heteroatoms. The first-order valence-electron chi connectivity index (χ1n) is 12.7. The van der Waals surface area contributed by atoms with Crippen LogP contribution in [-0.4, -0.2) is 33.3 Å². The zero-order valence-electron chi connectivity index (χ0n) is 24.4. The topological polar surface area (TPSA) is 67.1 Å². The van der Waals surface area contributed by atoms with Crippen molar-refractivity contribution in [3.63, 3.8) is 0 Å². The summed E-state index contributed by atoms with van der Waals surface area (Å²) in [5.41, 5.74) is 1.04. The number of rotatable bonds is 9. The smallest absolute Gasteiger partial charge is 0.242 e. The minimum atomic E-state index is -2.00. The van der Waals surface area contributed by atoms with Crippen molar-refractivity contribution in [3.8, 4) is 34.3 Å². The van der Waals surface area contributed by atoms with Gasteiger partial charge in [0.05, 0.1) is 0 Å². The van der Waals surface area contributed by atoms with Gasteiger partial charge in [-0.3, -0.25) is 4.79 Å². The van der Waals surface area contributed by atoms with Crippen LogP contribution in [-0.2, 0) is 0 Å². The van der Waals surface area contributed by atoms with Crippen LogP contribution >= 0.6 is 0 Å². The van der Waals surface area contributed by atoms with Gasteiger partial charge in [0.25, 0.3) is 0 Å². The fraction of sp³-hybridized carbons (Fsp3) is 0.444. The van der Waals surface area contributed by atoms with Gasteiger partial charge in [-0.25, -0.2) is 0 Å². The molecule has 0 saturated carbocycles. The first kappa shape index (κ1) is 29.3. The van der Waals surface area contributed by atoms with Crippen molar-refractivity contribution < 1.29 is 22.1 Å². The van der Waals surface area contributed by atoms with Crippen LogP contribution in [0, 0.1) is 0 Å². The molecule has 1 aromatic heterocycles. The lowest BCUT2D eigenvalue weighted by Gasteiger charge is -2.26. The van der Waals surface area contributed by atoms with E-state index in [-0.39, 0.29) is 5.43 Å². The molecule has 0 bridgehead atoms. The van der Waals surface area contributed by atoms with Gasteiger partial charge in [0, 0.05) is 23.8 Å². The molecule has 0 radical (unpaired) electrons. The number of fused-ring (bicyclic) bond motifs is 1. The van der Waals surface area contributed by atoms with E-state index < -0.39 is 33.3 Å². The molecule has 0 fully saturated rings. The standard InChI is InChI=1S/C27H42O6Si4/c1-34(2,3)30-20-16-25-27(26(17-20)33-37(10,11)12)21(28)18-23(29-25)19-13-14-22(31-35(4,5)6)24(15-19)32-36(7,8)9/h13-18H,1-12H3. The summed E-state index contributed by atoms with van der Waals surface area (Å²) in [6, 6.07) is 10.9. The van der Waals surface area contributed by atoms with E-state index >= 15 is 0 Å². The summed E-state index contributed by atoms with van der Waals surface area (Å²) in [6.45, 7) is 25.4. The van der Waals surface area contributed by atoms with Crippen molar-refractivity contribution in [3.05, 3.63) is 46.6 Å². The lowest BCUT2D eigenvalue weighted by molar-refractivity contribution is 0.489. The monoisotopic (exact) mass is 574 g/mol. The maximum absolute atomic E-state index is 13.4. The molecule has 0 saturated heterocycles. The van der Waals surface area contributed by atoms with Gasteiger partial charge < -0.3 is 22.1 Å². The SMILES string of the molecule is C[Si](C)(C)Oc1cc(O[Si](C)(C)C)c2c(=O)cc(-c3ccc(O[Si](C)(C)C)c(O[Si](C)(C)C)c3)oc2c1. The molecule has 0 aliphatic rings. The van der Waals surface area contributed by atoms with Crippen LogP contribution in [0.2, 0.25) is 78.6 Å². The van der Waals surface area contributed by atoms with Crippen LogP contribution in [0.25, 0.3) is 22.3 Å². The second-order valence-corrected chi connectivity index (χ2v) is 31.0. The molecule has 0 aliphatic carbocycles. The van der Waals surface area contributed by atoms with E-state index in [0.29, 0.717) is 34.0 Å². The van der Waals surface area contributed by atoms with Crippen LogP contribution in [0.1, 0.15) is 0 Å². The highest BCUT2D eigenvalue weighted by atomic mass is 28.4. The number of hydrogen-bond donors (Lipinski definition) is 0. The maximum Gasteiger partial charge on any atom is 0.242 e. The largest absolute Gasteiger partial charge is 0.544 e. The third-order valence-corrected chi connectivity index (χ3v) is 8.01. The Labute approximate surface area is 225 Å². The highest BCUT2D eigenvalue weighted by Gasteiger charge is 2.26. The van der Waals surface area contributed by atoms with Crippen molar-refractivity contribution in [2.75, 3.05) is 0 Å². The van der Waals surface area contributed by atoms with Gasteiger partial charge in [-0.1, -0.05) is 0 Å². The Hall–Kier alpha value is -2.28. The lowest BCUT2D eigenvalue weighted by Crippen LogP contribution is -2.32. The fourth-order valence-corrected chi connectivity index (χ4v) is 6.97. The van der Waals surface area contributed by atoms with Crippen molar-refractivity contribution in [2.45, 2.75) is 78.6 Å². The summed E-state index contributed by atoms with van der Waals surface area (Å²) in [6.07, 6.45) is 0. The van der Waals surface area contributed by atoms with Crippen molar-refractivity contribution in [1.29, 1.82) is 0 Å². The molecule has 1 heterocycles. The molecule has 0 N–H and O–H groups in total. The summed E-state index contributed by atoms with van der Waals surface area (Å²) < 4.78 is 31.6. The minimum Gasteiger partial charge on any atom is -0.544 e. The Morgan fingerprint density at radius 1 is 0.568 bits per heavy atom. The highest BCUT2D eigenvalue weighted by molar-refractivity contribution is 6.71. The molecule has 0 atom stereocenters. The fourth-order valence-electron chi connectivity index (χ4n) is 3.68. The first-order valence-corrected chi connectivity index (χ1v) is 26.3.